The fourth-order valence-electron chi connectivity index (χ4n) is 3.07. The van der Waals surface area contributed by atoms with Crippen LogP contribution in [0, 0.1) is 6.92 Å². The Morgan fingerprint density at radius 1 is 1.38 bits per heavy atom. The summed E-state index contributed by atoms with van der Waals surface area (Å²) in [5, 5.41) is 7.55. The highest BCUT2D eigenvalue weighted by molar-refractivity contribution is 5.35. The Labute approximate surface area is 143 Å². The van der Waals surface area contributed by atoms with Gasteiger partial charge in [-0.15, -0.1) is 0 Å². The van der Waals surface area contributed by atoms with Gasteiger partial charge in [-0.1, -0.05) is 0 Å². The van der Waals surface area contributed by atoms with Gasteiger partial charge in [-0.3, -0.25) is 9.58 Å². The molecular formula is C17H26N6O. The van der Waals surface area contributed by atoms with Gasteiger partial charge in [0.05, 0.1) is 24.9 Å². The van der Waals surface area contributed by atoms with E-state index in [0.29, 0.717) is 12.6 Å². The average molecular weight is 330 g/mol. The summed E-state index contributed by atoms with van der Waals surface area (Å²) in [5.41, 5.74) is 2.17. The number of morpholine rings is 1. The van der Waals surface area contributed by atoms with Crippen LogP contribution in [0.4, 0.5) is 5.82 Å². The van der Waals surface area contributed by atoms with Crippen LogP contribution in [0.15, 0.2) is 18.3 Å². The molecule has 1 unspecified atom stereocenters. The van der Waals surface area contributed by atoms with Crippen molar-refractivity contribution >= 4 is 5.82 Å². The minimum absolute atomic E-state index is 0.0567. The number of hydrogen-bond acceptors (Lipinski definition) is 6. The molecule has 0 aromatic carbocycles. The maximum atomic E-state index is 5.71. The molecule has 0 amide bonds. The highest BCUT2D eigenvalue weighted by Crippen LogP contribution is 2.25. The first-order chi connectivity index (χ1) is 11.6. The Bertz CT molecular complexity index is 683. The Kier molecular flexibility index (Phi) is 5.11. The predicted octanol–water partition coefficient (Wildman–Crippen LogP) is 2.18. The van der Waals surface area contributed by atoms with E-state index in [-0.39, 0.29) is 6.04 Å². The molecule has 1 fully saturated rings. The van der Waals surface area contributed by atoms with Crippen molar-refractivity contribution in [3.63, 3.8) is 0 Å². The number of anilines is 1. The molecular weight excluding hydrogens is 304 g/mol. The number of aryl methyl sites for hydroxylation is 1. The molecule has 24 heavy (non-hydrogen) atoms. The first-order valence-corrected chi connectivity index (χ1v) is 8.46. The Balaban J connectivity index is 1.86. The third-order valence-electron chi connectivity index (χ3n) is 4.27. The summed E-state index contributed by atoms with van der Waals surface area (Å²) >= 11 is 0. The molecule has 0 bridgehead atoms. The Morgan fingerprint density at radius 2 is 2.21 bits per heavy atom. The first kappa shape index (κ1) is 16.9. The average Bonchev–Trinajstić information content (AvgIpc) is 3.03. The number of aromatic nitrogens is 4. The number of nitrogens with zero attached hydrogens (tertiary/aromatic N) is 5. The molecule has 1 aliphatic heterocycles. The normalized spacial score (nSPS) is 19.0. The fraction of sp³-hybridized carbons (Fsp3) is 0.588. The van der Waals surface area contributed by atoms with Gasteiger partial charge in [-0.2, -0.15) is 5.10 Å². The number of rotatable bonds is 5. The Morgan fingerprint density at radius 3 is 2.96 bits per heavy atom. The largest absolute Gasteiger partial charge is 0.378 e. The van der Waals surface area contributed by atoms with Crippen molar-refractivity contribution in [2.24, 2.45) is 0 Å². The molecule has 1 N–H and O–H groups in total. The lowest BCUT2D eigenvalue weighted by Crippen LogP contribution is -2.40. The molecule has 3 heterocycles. The molecule has 0 saturated carbocycles. The first-order valence-electron chi connectivity index (χ1n) is 8.46. The second-order valence-corrected chi connectivity index (χ2v) is 6.42. The van der Waals surface area contributed by atoms with E-state index in [2.05, 4.69) is 49.9 Å². The zero-order valence-corrected chi connectivity index (χ0v) is 14.9. The molecule has 2 aromatic rings. The van der Waals surface area contributed by atoms with Crippen LogP contribution >= 0.6 is 0 Å². The van der Waals surface area contributed by atoms with Crippen LogP contribution in [-0.4, -0.2) is 51.5 Å². The fourth-order valence-corrected chi connectivity index (χ4v) is 3.07. The van der Waals surface area contributed by atoms with Crippen LogP contribution < -0.4 is 5.32 Å². The SMILES string of the molecule is CNc1cc(C)nc(C2COCCN2Cc2ccnn2C(C)C)n1. The molecule has 1 aliphatic rings. The third kappa shape index (κ3) is 3.57. The highest BCUT2D eigenvalue weighted by atomic mass is 16.5. The van der Waals surface area contributed by atoms with Crippen LogP contribution in [0.5, 0.6) is 0 Å². The number of hydrogen-bond donors (Lipinski definition) is 1. The van der Waals surface area contributed by atoms with Crippen LogP contribution in [0.1, 0.15) is 43.1 Å². The van der Waals surface area contributed by atoms with Gasteiger partial charge in [0.1, 0.15) is 11.6 Å². The number of ether oxygens (including phenoxy) is 1. The van der Waals surface area contributed by atoms with Gasteiger partial charge in [0, 0.05) is 44.1 Å². The van der Waals surface area contributed by atoms with Gasteiger partial charge < -0.3 is 10.1 Å². The standard InChI is InChI=1S/C17H26N6O/c1-12(2)23-14(5-6-19-23)10-22-7-8-24-11-15(22)17-20-13(3)9-16(18-4)21-17/h5-6,9,12,15H,7-8,10-11H2,1-4H3,(H,18,20,21). The van der Waals surface area contributed by atoms with Crippen molar-refractivity contribution in [2.45, 2.75) is 39.4 Å². The maximum absolute atomic E-state index is 5.71. The lowest BCUT2D eigenvalue weighted by Gasteiger charge is -2.34. The molecule has 130 valence electrons. The molecule has 0 aliphatic carbocycles. The van der Waals surface area contributed by atoms with Crippen LogP contribution in [0.2, 0.25) is 0 Å². The lowest BCUT2D eigenvalue weighted by molar-refractivity contribution is -0.0171. The van der Waals surface area contributed by atoms with E-state index in [0.717, 1.165) is 37.0 Å². The minimum atomic E-state index is 0.0567. The maximum Gasteiger partial charge on any atom is 0.150 e. The summed E-state index contributed by atoms with van der Waals surface area (Å²) < 4.78 is 7.78. The van der Waals surface area contributed by atoms with E-state index in [1.807, 2.05) is 26.2 Å². The summed E-state index contributed by atoms with van der Waals surface area (Å²) in [6.07, 6.45) is 1.87. The van der Waals surface area contributed by atoms with Crippen LogP contribution in [0.25, 0.3) is 0 Å². The van der Waals surface area contributed by atoms with Crippen molar-refractivity contribution in [2.75, 3.05) is 32.1 Å². The monoisotopic (exact) mass is 330 g/mol. The lowest BCUT2D eigenvalue weighted by atomic mass is 10.2. The second-order valence-electron chi connectivity index (χ2n) is 6.42. The predicted molar refractivity (Wildman–Crippen MR) is 92.9 cm³/mol. The van der Waals surface area contributed by atoms with Crippen LogP contribution in [0.3, 0.4) is 0 Å². The van der Waals surface area contributed by atoms with E-state index < -0.39 is 0 Å². The van der Waals surface area contributed by atoms with E-state index in [1.54, 1.807) is 0 Å². The van der Waals surface area contributed by atoms with Gasteiger partial charge in [0.25, 0.3) is 0 Å². The summed E-state index contributed by atoms with van der Waals surface area (Å²) in [5.74, 6) is 1.66. The van der Waals surface area contributed by atoms with Crippen molar-refractivity contribution in [3.8, 4) is 0 Å². The van der Waals surface area contributed by atoms with Crippen LogP contribution in [-0.2, 0) is 11.3 Å². The minimum Gasteiger partial charge on any atom is -0.378 e. The molecule has 0 radical (unpaired) electrons. The van der Waals surface area contributed by atoms with Gasteiger partial charge in [0.2, 0.25) is 0 Å². The van der Waals surface area contributed by atoms with Crippen molar-refractivity contribution in [1.29, 1.82) is 0 Å². The molecule has 7 nitrogen and oxygen atoms in total. The third-order valence-corrected chi connectivity index (χ3v) is 4.27. The van der Waals surface area contributed by atoms with Gasteiger partial charge in [-0.25, -0.2) is 9.97 Å². The zero-order chi connectivity index (χ0) is 17.1. The molecule has 1 saturated heterocycles. The van der Waals surface area contributed by atoms with Crippen molar-refractivity contribution in [3.05, 3.63) is 35.5 Å². The Hall–Kier alpha value is -1.99. The smallest absolute Gasteiger partial charge is 0.150 e. The van der Waals surface area contributed by atoms with Crippen molar-refractivity contribution in [1.82, 2.24) is 24.6 Å². The van der Waals surface area contributed by atoms with Gasteiger partial charge in [0.15, 0.2) is 0 Å². The van der Waals surface area contributed by atoms with Gasteiger partial charge >= 0.3 is 0 Å². The van der Waals surface area contributed by atoms with E-state index >= 15 is 0 Å². The quantitative estimate of drug-likeness (QED) is 0.906. The van der Waals surface area contributed by atoms with Crippen molar-refractivity contribution < 1.29 is 4.74 Å². The summed E-state index contributed by atoms with van der Waals surface area (Å²) in [6.45, 7) is 9.32. The highest BCUT2D eigenvalue weighted by Gasteiger charge is 2.28. The molecule has 0 spiro atoms. The van der Waals surface area contributed by atoms with E-state index in [1.165, 1.54) is 5.69 Å². The molecule has 2 aromatic heterocycles. The summed E-state index contributed by atoms with van der Waals surface area (Å²) in [4.78, 5) is 11.7. The van der Waals surface area contributed by atoms with E-state index in [4.69, 9.17) is 4.74 Å². The molecule has 1 atom stereocenters. The van der Waals surface area contributed by atoms with Gasteiger partial charge in [-0.05, 0) is 26.8 Å². The van der Waals surface area contributed by atoms with E-state index in [9.17, 15) is 0 Å². The molecule has 7 heteroatoms. The topological polar surface area (TPSA) is 68.1 Å². The summed E-state index contributed by atoms with van der Waals surface area (Å²) in [6, 6.07) is 4.44. The summed E-state index contributed by atoms with van der Waals surface area (Å²) in [7, 11) is 1.88. The molecule has 3 rings (SSSR count). The zero-order valence-electron chi connectivity index (χ0n) is 14.9. The number of nitrogens with one attached hydrogen (secondary N) is 1. The second kappa shape index (κ2) is 7.27.